The van der Waals surface area contributed by atoms with Crippen molar-refractivity contribution in [3.8, 4) is 11.9 Å². The number of aliphatic imine (C=N–C) groups is 2. The molecule has 0 radical (unpaired) electrons. The maximum atomic E-state index is 12.2. The summed E-state index contributed by atoms with van der Waals surface area (Å²) in [7, 11) is 4.12. The number of para-hydroxylation sites is 2. The second-order valence-electron chi connectivity index (χ2n) is 11.0. The summed E-state index contributed by atoms with van der Waals surface area (Å²) in [5.41, 5.74) is 0.322. The summed E-state index contributed by atoms with van der Waals surface area (Å²) in [5, 5.41) is 24.2. The Morgan fingerprint density at radius 2 is 0.863 bits per heavy atom. The third kappa shape index (κ3) is 10.3. The zero-order valence-corrected chi connectivity index (χ0v) is 31.6. The van der Waals surface area contributed by atoms with Crippen LogP contribution in [0.2, 0.25) is 0 Å². The molecule has 0 fully saturated rings. The van der Waals surface area contributed by atoms with Crippen molar-refractivity contribution in [1.29, 1.82) is 0 Å². The molecule has 2 aromatic heterocycles. The van der Waals surface area contributed by atoms with Crippen molar-refractivity contribution in [3.05, 3.63) is 170 Å². The summed E-state index contributed by atoms with van der Waals surface area (Å²) in [6.45, 7) is 6.24. The topological polar surface area (TPSA) is 126 Å². The molecule has 0 aliphatic carbocycles. The first-order chi connectivity index (χ1) is 24.6. The van der Waals surface area contributed by atoms with Crippen LogP contribution in [0.1, 0.15) is 36.5 Å². The van der Waals surface area contributed by atoms with E-state index in [0.29, 0.717) is 11.4 Å². The molecule has 0 aliphatic heterocycles. The first kappa shape index (κ1) is 38.9. The van der Waals surface area contributed by atoms with E-state index in [1.807, 2.05) is 17.3 Å². The normalized spacial score (nSPS) is 11.3. The Kier molecular flexibility index (Phi) is 14.4. The van der Waals surface area contributed by atoms with Gasteiger partial charge in [-0.3, -0.25) is 19.6 Å². The van der Waals surface area contributed by atoms with E-state index in [-0.39, 0.29) is 34.1 Å². The second kappa shape index (κ2) is 18.9. The van der Waals surface area contributed by atoms with Crippen LogP contribution in [0.15, 0.2) is 156 Å². The molecule has 2 heterocycles. The molecule has 6 aromatic rings. The summed E-state index contributed by atoms with van der Waals surface area (Å²) >= 11 is 1.82. The van der Waals surface area contributed by atoms with Gasteiger partial charge in [0.15, 0.2) is 10.9 Å². The molecule has 0 atom stereocenters. The summed E-state index contributed by atoms with van der Waals surface area (Å²) < 4.78 is 10.2. The van der Waals surface area contributed by atoms with Crippen LogP contribution in [0, 0.1) is 13.8 Å². The Morgan fingerprint density at radius 3 is 1.16 bits per heavy atom. The Hall–Kier alpha value is -4.94. The molecule has 0 aliphatic rings. The van der Waals surface area contributed by atoms with E-state index in [4.69, 9.17) is 8.83 Å². The standard InChI is InChI=1S/C22H20N2O6.C18H15P.ClH.Ru/c1-11-9-17(25)19(21(27)29-11)13(3)23-15-7-5-6-8-16(15)24-14(4)20-18(26)10-12(2)30-22(20)28;1-4-10-16(11-5-1)19(17-12-6-2-7-13-17)18-14-8-3-9-15-18;;/h5-10,27-28H,1-4H3;1-15H;1H;/q;;;+1/p-1. The fourth-order valence-electron chi connectivity index (χ4n) is 5.16. The first-order valence-corrected chi connectivity index (χ1v) is 19.2. The minimum atomic E-state index is -0.513. The monoisotopic (exact) mass is 807 g/mol. The third-order valence-corrected chi connectivity index (χ3v) is 9.77. The molecule has 51 heavy (non-hydrogen) atoms. The summed E-state index contributed by atoms with van der Waals surface area (Å²) in [6, 6.07) is 41.7. The zero-order chi connectivity index (χ0) is 36.9. The van der Waals surface area contributed by atoms with Gasteiger partial charge in [0.05, 0.1) is 22.8 Å². The number of benzene rings is 4. The molecule has 261 valence electrons. The van der Waals surface area contributed by atoms with Crippen LogP contribution in [0.4, 0.5) is 11.4 Å². The minimum absolute atomic E-state index is 0.0482. The second-order valence-corrected chi connectivity index (χ2v) is 13.2. The van der Waals surface area contributed by atoms with E-state index in [1.165, 1.54) is 28.0 Å². The fourth-order valence-corrected chi connectivity index (χ4v) is 7.47. The molecule has 0 unspecified atom stereocenters. The fraction of sp³-hybridized carbons (Fsp3) is 0.100. The maximum Gasteiger partial charge on any atom is -0.0134 e. The van der Waals surface area contributed by atoms with Crippen LogP contribution in [0.3, 0.4) is 0 Å². The van der Waals surface area contributed by atoms with Gasteiger partial charge >= 0.3 is 27.0 Å². The SMILES string of the molecule is CC(=Nc1ccccc1N=C(C)c1c(O)oc(C)cc1=O)c1c(O)oc(C)cc1=O.[Cl][Ru].c1ccc(P(c2ccccc2)c2ccccc2)cc1. The van der Waals surface area contributed by atoms with Crippen molar-refractivity contribution in [3.63, 3.8) is 0 Å². The maximum absolute atomic E-state index is 12.2. The molecule has 2 N–H and O–H groups in total. The van der Waals surface area contributed by atoms with E-state index in [9.17, 15) is 19.8 Å². The summed E-state index contributed by atoms with van der Waals surface area (Å²) in [6.07, 6.45) is 0. The Labute approximate surface area is 311 Å². The van der Waals surface area contributed by atoms with Crippen molar-refractivity contribution < 1.29 is 36.4 Å². The van der Waals surface area contributed by atoms with Gasteiger partial charge in [-0.15, -0.1) is 0 Å². The average Bonchev–Trinajstić information content (AvgIpc) is 3.11. The molecule has 4 aromatic carbocycles. The number of aryl methyl sites for hydroxylation is 2. The number of hydrogen-bond acceptors (Lipinski definition) is 8. The predicted molar refractivity (Wildman–Crippen MR) is 204 cm³/mol. The van der Waals surface area contributed by atoms with Gasteiger partial charge in [0, 0.05) is 12.1 Å². The number of nitrogens with zero attached hydrogens (tertiary/aromatic N) is 2. The number of aromatic hydroxyl groups is 2. The third-order valence-electron chi connectivity index (χ3n) is 7.33. The van der Waals surface area contributed by atoms with Crippen molar-refractivity contribution >= 4 is 56.3 Å². The van der Waals surface area contributed by atoms with Crippen molar-refractivity contribution in [1.82, 2.24) is 0 Å². The first-order valence-electron chi connectivity index (χ1n) is 15.6. The molecule has 6 rings (SSSR count). The van der Waals surface area contributed by atoms with E-state index < -0.39 is 30.7 Å². The van der Waals surface area contributed by atoms with Crippen molar-refractivity contribution in [2.75, 3.05) is 0 Å². The van der Waals surface area contributed by atoms with Crippen LogP contribution in [-0.2, 0) is 17.3 Å². The minimum Gasteiger partial charge on any atom is -0.0622 e. The molecular formula is C40H35ClN2O6PRu. The zero-order valence-electron chi connectivity index (χ0n) is 28.2. The Morgan fingerprint density at radius 1 is 0.569 bits per heavy atom. The number of halogens is 1. The van der Waals surface area contributed by atoms with Crippen LogP contribution >= 0.6 is 17.6 Å². The van der Waals surface area contributed by atoms with Gasteiger partial charge in [0.25, 0.3) is 11.9 Å². The van der Waals surface area contributed by atoms with Crippen molar-refractivity contribution in [2.24, 2.45) is 9.98 Å². The Bertz CT molecular complexity index is 2050. The smallest absolute Gasteiger partial charge is 0.0134 e. The largest absolute Gasteiger partial charge is 0.0622 e. The Balaban J connectivity index is 0.000000238. The van der Waals surface area contributed by atoms with Gasteiger partial charge in [0.1, 0.15) is 22.6 Å². The van der Waals surface area contributed by atoms with E-state index >= 15 is 0 Å². The summed E-state index contributed by atoms with van der Waals surface area (Å²) in [4.78, 5) is 33.3. The molecule has 0 bridgehead atoms. The van der Waals surface area contributed by atoms with E-state index in [2.05, 4.69) is 111 Å². The molecule has 0 saturated heterocycles. The van der Waals surface area contributed by atoms with Gasteiger partial charge in [-0.2, -0.15) is 0 Å². The van der Waals surface area contributed by atoms with Crippen LogP contribution in [0.5, 0.6) is 11.9 Å². The summed E-state index contributed by atoms with van der Waals surface area (Å²) in [5.74, 6) is -0.459. The van der Waals surface area contributed by atoms with Gasteiger partial charge in [0.2, 0.25) is 0 Å². The van der Waals surface area contributed by atoms with Crippen LogP contribution in [-0.4, -0.2) is 21.6 Å². The molecular weight excluding hydrogens is 772 g/mol. The van der Waals surface area contributed by atoms with Crippen LogP contribution in [0.25, 0.3) is 0 Å². The molecule has 0 spiro atoms. The quantitative estimate of drug-likeness (QED) is 0.0957. The van der Waals surface area contributed by atoms with E-state index in [0.717, 1.165) is 0 Å². The number of hydrogen-bond donors (Lipinski definition) is 2. The van der Waals surface area contributed by atoms with Gasteiger partial charge in [-0.05, 0) is 63.7 Å². The predicted octanol–water partition coefficient (Wildman–Crippen LogP) is 8.03. The van der Waals surface area contributed by atoms with Crippen molar-refractivity contribution in [2.45, 2.75) is 27.7 Å². The molecule has 0 saturated carbocycles. The van der Waals surface area contributed by atoms with Gasteiger partial charge in [-0.25, -0.2) is 0 Å². The van der Waals surface area contributed by atoms with Gasteiger partial charge in [-0.1, -0.05) is 103 Å². The van der Waals surface area contributed by atoms with Gasteiger partial charge < -0.3 is 19.0 Å². The molecule has 11 heteroatoms. The number of rotatable bonds is 7. The molecule has 0 amide bonds. The van der Waals surface area contributed by atoms with E-state index in [1.54, 1.807) is 52.0 Å². The van der Waals surface area contributed by atoms with Crippen LogP contribution < -0.4 is 26.8 Å². The average molecular weight is 807 g/mol. The molecule has 8 nitrogen and oxygen atoms in total.